The molecule has 0 saturated heterocycles. The van der Waals surface area contributed by atoms with E-state index in [-0.39, 0.29) is 18.0 Å². The Morgan fingerprint density at radius 3 is 2.88 bits per heavy atom. The highest BCUT2D eigenvalue weighted by Gasteiger charge is 2.10. The van der Waals surface area contributed by atoms with Crippen LogP contribution in [0.25, 0.3) is 11.3 Å². The fourth-order valence-electron chi connectivity index (χ4n) is 2.20. The topological polar surface area (TPSA) is 86.1 Å². The number of carbonyl (C=O) groups is 1. The molecular formula is C17H16N4O3S. The molecule has 0 radical (unpaired) electrons. The first-order valence-electron chi connectivity index (χ1n) is 7.50. The molecule has 0 aliphatic rings. The summed E-state index contributed by atoms with van der Waals surface area (Å²) in [4.78, 5) is 28.3. The van der Waals surface area contributed by atoms with E-state index in [2.05, 4.69) is 15.4 Å². The second-order valence-electron chi connectivity index (χ2n) is 5.29. The normalized spacial score (nSPS) is 10.5. The summed E-state index contributed by atoms with van der Waals surface area (Å²) in [6, 6.07) is 10.3. The van der Waals surface area contributed by atoms with E-state index in [1.54, 1.807) is 13.2 Å². The van der Waals surface area contributed by atoms with Crippen LogP contribution >= 0.6 is 11.3 Å². The number of rotatable bonds is 5. The molecule has 0 unspecified atom stereocenters. The van der Waals surface area contributed by atoms with Crippen molar-refractivity contribution in [2.75, 3.05) is 12.4 Å². The summed E-state index contributed by atoms with van der Waals surface area (Å²) in [5.41, 5.74) is 1.85. The molecule has 0 bridgehead atoms. The summed E-state index contributed by atoms with van der Waals surface area (Å²) in [6.07, 6.45) is 0. The monoisotopic (exact) mass is 356 g/mol. The maximum Gasteiger partial charge on any atom is 0.267 e. The summed E-state index contributed by atoms with van der Waals surface area (Å²) in [7, 11) is 1.58. The first kappa shape index (κ1) is 16.8. The first-order valence-corrected chi connectivity index (χ1v) is 8.38. The minimum Gasteiger partial charge on any atom is -0.497 e. The number of anilines is 1. The molecule has 0 fully saturated rings. The molecule has 1 aromatic carbocycles. The summed E-state index contributed by atoms with van der Waals surface area (Å²) in [5.74, 6) is 0.334. The van der Waals surface area contributed by atoms with Gasteiger partial charge in [0, 0.05) is 17.0 Å². The Hall–Kier alpha value is -3.00. The summed E-state index contributed by atoms with van der Waals surface area (Å²) in [6.45, 7) is 1.66. The SMILES string of the molecule is COc1cccc(-c2ccc(=O)n(CC(=O)Nc3nc(C)cs3)n2)c1. The molecule has 8 heteroatoms. The predicted molar refractivity (Wildman–Crippen MR) is 96.0 cm³/mol. The number of carbonyl (C=O) groups excluding carboxylic acids is 1. The average Bonchev–Trinajstić information content (AvgIpc) is 3.01. The fourth-order valence-corrected chi connectivity index (χ4v) is 2.91. The van der Waals surface area contributed by atoms with Crippen LogP contribution in [0.1, 0.15) is 5.69 Å². The van der Waals surface area contributed by atoms with E-state index < -0.39 is 0 Å². The van der Waals surface area contributed by atoms with E-state index in [0.29, 0.717) is 16.6 Å². The zero-order valence-corrected chi connectivity index (χ0v) is 14.5. The molecule has 0 spiro atoms. The van der Waals surface area contributed by atoms with Crippen LogP contribution in [0, 0.1) is 6.92 Å². The molecule has 0 aliphatic carbocycles. The lowest BCUT2D eigenvalue weighted by atomic mass is 10.1. The number of ether oxygens (including phenoxy) is 1. The van der Waals surface area contributed by atoms with Gasteiger partial charge in [-0.05, 0) is 25.1 Å². The maximum atomic E-state index is 12.1. The van der Waals surface area contributed by atoms with Gasteiger partial charge in [-0.2, -0.15) is 5.10 Å². The molecule has 0 saturated carbocycles. The van der Waals surface area contributed by atoms with Crippen LogP contribution in [-0.4, -0.2) is 27.8 Å². The molecule has 7 nitrogen and oxygen atoms in total. The number of nitrogens with one attached hydrogen (secondary N) is 1. The molecule has 0 aliphatic heterocycles. The van der Waals surface area contributed by atoms with Gasteiger partial charge in [0.05, 0.1) is 18.5 Å². The van der Waals surface area contributed by atoms with Crippen LogP contribution in [0.15, 0.2) is 46.6 Å². The van der Waals surface area contributed by atoms with Crippen LogP contribution in [0.2, 0.25) is 0 Å². The Morgan fingerprint density at radius 2 is 2.16 bits per heavy atom. The Morgan fingerprint density at radius 1 is 1.32 bits per heavy atom. The third kappa shape index (κ3) is 4.10. The smallest absolute Gasteiger partial charge is 0.267 e. The van der Waals surface area contributed by atoms with Crippen molar-refractivity contribution in [3.63, 3.8) is 0 Å². The number of methoxy groups -OCH3 is 1. The van der Waals surface area contributed by atoms with Crippen molar-refractivity contribution in [3.05, 3.63) is 57.8 Å². The molecule has 1 amide bonds. The fraction of sp³-hybridized carbons (Fsp3) is 0.176. The van der Waals surface area contributed by atoms with E-state index in [1.807, 2.05) is 36.6 Å². The third-order valence-electron chi connectivity index (χ3n) is 3.39. The van der Waals surface area contributed by atoms with Gasteiger partial charge >= 0.3 is 0 Å². The van der Waals surface area contributed by atoms with Gasteiger partial charge in [-0.3, -0.25) is 9.59 Å². The van der Waals surface area contributed by atoms with Gasteiger partial charge in [-0.1, -0.05) is 12.1 Å². The second kappa shape index (κ2) is 7.27. The van der Waals surface area contributed by atoms with Gasteiger partial charge in [0.25, 0.3) is 5.56 Å². The largest absolute Gasteiger partial charge is 0.497 e. The van der Waals surface area contributed by atoms with E-state index >= 15 is 0 Å². The van der Waals surface area contributed by atoms with Gasteiger partial charge in [-0.15, -0.1) is 11.3 Å². The van der Waals surface area contributed by atoms with E-state index in [4.69, 9.17) is 4.74 Å². The third-order valence-corrected chi connectivity index (χ3v) is 4.27. The van der Waals surface area contributed by atoms with Crippen LogP contribution in [0.5, 0.6) is 5.75 Å². The molecular weight excluding hydrogens is 340 g/mol. The zero-order chi connectivity index (χ0) is 17.8. The van der Waals surface area contributed by atoms with E-state index in [0.717, 1.165) is 15.9 Å². The van der Waals surface area contributed by atoms with Gasteiger partial charge in [-0.25, -0.2) is 9.67 Å². The Kier molecular flexibility index (Phi) is 4.90. The van der Waals surface area contributed by atoms with E-state index in [9.17, 15) is 9.59 Å². The number of amides is 1. The highest BCUT2D eigenvalue weighted by molar-refractivity contribution is 7.13. The standard InChI is InChI=1S/C17H16N4O3S/c1-11-10-25-17(18-11)19-15(22)9-21-16(23)7-6-14(20-21)12-4-3-5-13(8-12)24-2/h3-8,10H,9H2,1-2H3,(H,18,19,22). The predicted octanol–water partition coefficient (Wildman–Crippen LogP) is 2.32. The van der Waals surface area contributed by atoms with Crippen LogP contribution < -0.4 is 15.6 Å². The molecule has 1 N–H and O–H groups in total. The number of hydrogen-bond acceptors (Lipinski definition) is 6. The Bertz CT molecular complexity index is 964. The van der Waals surface area contributed by atoms with Crippen molar-refractivity contribution in [1.82, 2.24) is 14.8 Å². The molecule has 2 heterocycles. The Balaban J connectivity index is 1.81. The van der Waals surface area contributed by atoms with Gasteiger partial charge in [0.2, 0.25) is 5.91 Å². The summed E-state index contributed by atoms with van der Waals surface area (Å²) >= 11 is 1.33. The van der Waals surface area contributed by atoms with Gasteiger partial charge in [0.1, 0.15) is 12.3 Å². The number of thiazole rings is 1. The summed E-state index contributed by atoms with van der Waals surface area (Å²) in [5, 5.41) is 9.28. The van der Waals surface area contributed by atoms with Crippen molar-refractivity contribution >= 4 is 22.4 Å². The molecule has 0 atom stereocenters. The highest BCUT2D eigenvalue weighted by atomic mass is 32.1. The lowest BCUT2D eigenvalue weighted by molar-refractivity contribution is -0.117. The summed E-state index contributed by atoms with van der Waals surface area (Å²) < 4.78 is 6.33. The van der Waals surface area contributed by atoms with Crippen LogP contribution in [0.3, 0.4) is 0 Å². The van der Waals surface area contributed by atoms with Crippen LogP contribution in [-0.2, 0) is 11.3 Å². The quantitative estimate of drug-likeness (QED) is 0.758. The van der Waals surface area contributed by atoms with E-state index in [1.165, 1.54) is 17.4 Å². The van der Waals surface area contributed by atoms with Gasteiger partial charge in [0.15, 0.2) is 5.13 Å². The molecule has 3 aromatic rings. The van der Waals surface area contributed by atoms with Crippen molar-refractivity contribution in [2.24, 2.45) is 0 Å². The lowest BCUT2D eigenvalue weighted by Crippen LogP contribution is -2.29. The molecule has 25 heavy (non-hydrogen) atoms. The lowest BCUT2D eigenvalue weighted by Gasteiger charge is -2.08. The molecule has 3 rings (SSSR count). The first-order chi connectivity index (χ1) is 12.0. The maximum absolute atomic E-state index is 12.1. The minimum atomic E-state index is -0.355. The van der Waals surface area contributed by atoms with Crippen molar-refractivity contribution in [2.45, 2.75) is 13.5 Å². The van der Waals surface area contributed by atoms with Crippen molar-refractivity contribution in [3.8, 4) is 17.0 Å². The average molecular weight is 356 g/mol. The number of aryl methyl sites for hydroxylation is 1. The number of hydrogen-bond donors (Lipinski definition) is 1. The minimum absolute atomic E-state index is 0.185. The van der Waals surface area contributed by atoms with Crippen molar-refractivity contribution < 1.29 is 9.53 Å². The molecule has 2 aromatic heterocycles. The zero-order valence-electron chi connectivity index (χ0n) is 13.7. The number of nitrogens with zero attached hydrogens (tertiary/aromatic N) is 3. The van der Waals surface area contributed by atoms with Gasteiger partial charge < -0.3 is 10.1 Å². The van der Waals surface area contributed by atoms with Crippen molar-refractivity contribution in [1.29, 1.82) is 0 Å². The van der Waals surface area contributed by atoms with Crippen LogP contribution in [0.4, 0.5) is 5.13 Å². The Labute approximate surface area is 147 Å². The number of aromatic nitrogens is 3. The highest BCUT2D eigenvalue weighted by Crippen LogP contribution is 2.21. The second-order valence-corrected chi connectivity index (χ2v) is 6.15. The molecule has 128 valence electrons. The number of benzene rings is 1.